The van der Waals surface area contributed by atoms with Crippen LogP contribution in [-0.2, 0) is 10.8 Å². The molecule has 1 nitrogen and oxygen atoms in total. The molecule has 19 heavy (non-hydrogen) atoms. The summed E-state index contributed by atoms with van der Waals surface area (Å²) in [6.45, 7) is 16.0. The molecule has 1 aromatic carbocycles. The lowest BCUT2D eigenvalue weighted by Gasteiger charge is -2.51. The molecule has 0 saturated carbocycles. The summed E-state index contributed by atoms with van der Waals surface area (Å²) in [5, 5.41) is 0. The van der Waals surface area contributed by atoms with Gasteiger partial charge in [-0.2, -0.15) is 0 Å². The van der Waals surface area contributed by atoms with Crippen molar-refractivity contribution in [3.05, 3.63) is 34.4 Å². The maximum atomic E-state index is 11.2. The number of fused-ring (bicyclic) bond motifs is 1. The summed E-state index contributed by atoms with van der Waals surface area (Å²) in [7, 11) is 0. The lowest BCUT2D eigenvalue weighted by molar-refractivity contribution is 0.112. The first-order valence-electron chi connectivity index (χ1n) is 7.24. The molecule has 0 aliphatic heterocycles. The van der Waals surface area contributed by atoms with Gasteiger partial charge in [0, 0.05) is 5.56 Å². The number of hydrogen-bond acceptors (Lipinski definition) is 1. The van der Waals surface area contributed by atoms with Crippen LogP contribution in [0.4, 0.5) is 0 Å². The molecule has 0 spiro atoms. The minimum atomic E-state index is 0.121. The van der Waals surface area contributed by atoms with Gasteiger partial charge < -0.3 is 0 Å². The molecule has 0 saturated heterocycles. The average Bonchev–Trinajstić information content (AvgIpc) is 2.34. The molecule has 0 unspecified atom stereocenters. The zero-order valence-corrected chi connectivity index (χ0v) is 13.3. The van der Waals surface area contributed by atoms with Crippen molar-refractivity contribution in [2.75, 3.05) is 0 Å². The van der Waals surface area contributed by atoms with E-state index in [-0.39, 0.29) is 10.8 Å². The van der Waals surface area contributed by atoms with E-state index in [1.165, 1.54) is 11.1 Å². The van der Waals surface area contributed by atoms with E-state index in [0.717, 1.165) is 17.4 Å². The molecule has 1 heteroatoms. The first kappa shape index (κ1) is 14.3. The zero-order valence-electron chi connectivity index (χ0n) is 13.3. The van der Waals surface area contributed by atoms with Crippen LogP contribution in [-0.4, -0.2) is 6.29 Å². The van der Waals surface area contributed by atoms with E-state index in [0.29, 0.717) is 11.8 Å². The van der Waals surface area contributed by atoms with E-state index in [4.69, 9.17) is 0 Å². The lowest BCUT2D eigenvalue weighted by atomic mass is 9.53. The van der Waals surface area contributed by atoms with Gasteiger partial charge in [0.2, 0.25) is 0 Å². The fourth-order valence-electron chi connectivity index (χ4n) is 3.66. The molecule has 0 amide bonds. The van der Waals surface area contributed by atoms with E-state index in [9.17, 15) is 4.79 Å². The SMILES string of the molecule is Cc1cc2c(cc1C=O)C(C)(C)[C@H](C)[C@@H](C)C2(C)C. The highest BCUT2D eigenvalue weighted by Crippen LogP contribution is 2.52. The van der Waals surface area contributed by atoms with Gasteiger partial charge in [-0.05, 0) is 52.3 Å². The topological polar surface area (TPSA) is 17.1 Å². The molecular weight excluding hydrogens is 232 g/mol. The van der Waals surface area contributed by atoms with Crippen LogP contribution in [0, 0.1) is 18.8 Å². The van der Waals surface area contributed by atoms with Crippen LogP contribution in [0.3, 0.4) is 0 Å². The van der Waals surface area contributed by atoms with E-state index in [1.54, 1.807) is 0 Å². The van der Waals surface area contributed by atoms with Gasteiger partial charge in [0.25, 0.3) is 0 Å². The summed E-state index contributed by atoms with van der Waals surface area (Å²) in [4.78, 5) is 11.2. The van der Waals surface area contributed by atoms with Gasteiger partial charge in [-0.3, -0.25) is 4.79 Å². The van der Waals surface area contributed by atoms with Gasteiger partial charge in [-0.15, -0.1) is 0 Å². The Balaban J connectivity index is 2.80. The Morgan fingerprint density at radius 1 is 0.947 bits per heavy atom. The van der Waals surface area contributed by atoms with E-state index < -0.39 is 0 Å². The van der Waals surface area contributed by atoms with Crippen LogP contribution in [0.2, 0.25) is 0 Å². The molecule has 2 atom stereocenters. The third-order valence-corrected chi connectivity index (χ3v) is 5.95. The van der Waals surface area contributed by atoms with Crippen molar-refractivity contribution >= 4 is 6.29 Å². The molecule has 0 heterocycles. The van der Waals surface area contributed by atoms with Crippen molar-refractivity contribution in [3.8, 4) is 0 Å². The maximum absolute atomic E-state index is 11.2. The van der Waals surface area contributed by atoms with Crippen LogP contribution in [0.25, 0.3) is 0 Å². The van der Waals surface area contributed by atoms with Gasteiger partial charge in [0.15, 0.2) is 0 Å². The molecule has 0 fully saturated rings. The summed E-state index contributed by atoms with van der Waals surface area (Å²) < 4.78 is 0. The van der Waals surface area contributed by atoms with Crippen LogP contribution in [0.5, 0.6) is 0 Å². The molecule has 0 radical (unpaired) electrons. The summed E-state index contributed by atoms with van der Waals surface area (Å²) in [6, 6.07) is 4.37. The quantitative estimate of drug-likeness (QED) is 0.670. The highest BCUT2D eigenvalue weighted by molar-refractivity contribution is 5.78. The molecule has 1 aliphatic carbocycles. The Kier molecular flexibility index (Phi) is 3.16. The predicted molar refractivity (Wildman–Crippen MR) is 80.9 cm³/mol. The molecule has 104 valence electrons. The second-order valence-corrected chi connectivity index (χ2v) is 7.39. The van der Waals surface area contributed by atoms with Crippen molar-refractivity contribution in [3.63, 3.8) is 0 Å². The van der Waals surface area contributed by atoms with Gasteiger partial charge in [0.1, 0.15) is 6.29 Å². The predicted octanol–water partition coefficient (Wildman–Crippen LogP) is 4.65. The lowest BCUT2D eigenvalue weighted by Crippen LogP contribution is -2.46. The Morgan fingerprint density at radius 2 is 1.37 bits per heavy atom. The first-order chi connectivity index (χ1) is 8.64. The van der Waals surface area contributed by atoms with Crippen molar-refractivity contribution in [1.29, 1.82) is 0 Å². The van der Waals surface area contributed by atoms with Crippen molar-refractivity contribution in [2.24, 2.45) is 11.8 Å². The number of benzene rings is 1. The minimum Gasteiger partial charge on any atom is -0.298 e. The standard InChI is InChI=1S/C18H26O/c1-11-8-15-16(9-14(11)10-19)18(6,7)13(3)12(2)17(15,4)5/h8-10,12-13H,1-7H3/t12-,13-/m1/s1. The smallest absolute Gasteiger partial charge is 0.150 e. The molecule has 2 rings (SSSR count). The molecule has 1 aliphatic rings. The van der Waals surface area contributed by atoms with Gasteiger partial charge in [-0.25, -0.2) is 0 Å². The Labute approximate surface area is 117 Å². The maximum Gasteiger partial charge on any atom is 0.150 e. The fourth-order valence-corrected chi connectivity index (χ4v) is 3.66. The highest BCUT2D eigenvalue weighted by Gasteiger charge is 2.47. The number of rotatable bonds is 1. The van der Waals surface area contributed by atoms with Crippen LogP contribution in [0.15, 0.2) is 12.1 Å². The second-order valence-electron chi connectivity index (χ2n) is 7.39. The molecule has 0 N–H and O–H groups in total. The van der Waals surface area contributed by atoms with E-state index in [1.807, 2.05) is 6.92 Å². The van der Waals surface area contributed by atoms with Gasteiger partial charge in [-0.1, -0.05) is 47.6 Å². The fraction of sp³-hybridized carbons (Fsp3) is 0.611. The van der Waals surface area contributed by atoms with Gasteiger partial charge in [0.05, 0.1) is 0 Å². The van der Waals surface area contributed by atoms with Crippen LogP contribution < -0.4 is 0 Å². The Bertz CT molecular complexity index is 523. The minimum absolute atomic E-state index is 0.121. The summed E-state index contributed by atoms with van der Waals surface area (Å²) in [6.07, 6.45) is 0.987. The second kappa shape index (κ2) is 4.19. The number of aldehydes is 1. The van der Waals surface area contributed by atoms with Gasteiger partial charge >= 0.3 is 0 Å². The van der Waals surface area contributed by atoms with Crippen molar-refractivity contribution in [2.45, 2.75) is 59.3 Å². The Morgan fingerprint density at radius 3 is 1.79 bits per heavy atom. The Hall–Kier alpha value is -1.11. The first-order valence-corrected chi connectivity index (χ1v) is 7.24. The third-order valence-electron chi connectivity index (χ3n) is 5.95. The largest absolute Gasteiger partial charge is 0.298 e. The third kappa shape index (κ3) is 1.86. The molecular formula is C18H26O. The van der Waals surface area contributed by atoms with Crippen molar-refractivity contribution in [1.82, 2.24) is 0 Å². The highest BCUT2D eigenvalue weighted by atomic mass is 16.1. The molecule has 1 aromatic rings. The van der Waals surface area contributed by atoms with E-state index >= 15 is 0 Å². The number of hydrogen-bond donors (Lipinski definition) is 0. The summed E-state index contributed by atoms with van der Waals surface area (Å²) >= 11 is 0. The average molecular weight is 258 g/mol. The summed E-state index contributed by atoms with van der Waals surface area (Å²) in [5.41, 5.74) is 5.00. The number of aryl methyl sites for hydroxylation is 1. The summed E-state index contributed by atoms with van der Waals surface area (Å²) in [5.74, 6) is 1.22. The van der Waals surface area contributed by atoms with E-state index in [2.05, 4.69) is 53.7 Å². The normalized spacial score (nSPS) is 27.7. The molecule has 0 bridgehead atoms. The van der Waals surface area contributed by atoms with Crippen LogP contribution in [0.1, 0.15) is 68.6 Å². The zero-order chi connectivity index (χ0) is 14.6. The number of carbonyl (C=O) groups excluding carboxylic acids is 1. The van der Waals surface area contributed by atoms with Crippen LogP contribution >= 0.6 is 0 Å². The van der Waals surface area contributed by atoms with Crippen molar-refractivity contribution < 1.29 is 4.79 Å². The monoisotopic (exact) mass is 258 g/mol. The molecule has 0 aromatic heterocycles. The number of carbonyl (C=O) groups is 1.